The largest absolute Gasteiger partial charge is 0.469 e. The third-order valence-corrected chi connectivity index (χ3v) is 1.80. The predicted octanol–water partition coefficient (Wildman–Crippen LogP) is 1.31. The van der Waals surface area contributed by atoms with Gasteiger partial charge in [0.05, 0.1) is 13.0 Å². The average molecular weight is 165 g/mol. The van der Waals surface area contributed by atoms with Crippen LogP contribution in [0.15, 0.2) is 23.8 Å². The first-order chi connectivity index (χ1) is 5.77. The molecule has 1 aliphatic rings. The molecule has 0 aromatic rings. The van der Waals surface area contributed by atoms with Gasteiger partial charge >= 0.3 is 5.97 Å². The van der Waals surface area contributed by atoms with Crippen LogP contribution < -0.4 is 0 Å². The van der Waals surface area contributed by atoms with Crippen LogP contribution in [0.1, 0.15) is 6.42 Å². The SMILES string of the molecule is COC(=O)C1C=CC(C=N)=CC1. The van der Waals surface area contributed by atoms with Gasteiger partial charge in [0.2, 0.25) is 0 Å². The molecule has 0 heterocycles. The summed E-state index contributed by atoms with van der Waals surface area (Å²) in [7, 11) is 1.38. The second-order valence-corrected chi connectivity index (χ2v) is 2.57. The summed E-state index contributed by atoms with van der Waals surface area (Å²) in [6.07, 6.45) is 7.29. The van der Waals surface area contributed by atoms with Gasteiger partial charge in [-0.25, -0.2) is 0 Å². The molecule has 0 bridgehead atoms. The Kier molecular flexibility index (Phi) is 2.80. The molecule has 1 atom stereocenters. The average Bonchev–Trinajstić information content (AvgIpc) is 2.17. The van der Waals surface area contributed by atoms with E-state index in [9.17, 15) is 4.79 Å². The molecule has 0 radical (unpaired) electrons. The van der Waals surface area contributed by atoms with E-state index >= 15 is 0 Å². The van der Waals surface area contributed by atoms with Crippen LogP contribution in [0.4, 0.5) is 0 Å². The van der Waals surface area contributed by atoms with Gasteiger partial charge in [0.15, 0.2) is 0 Å². The highest BCUT2D eigenvalue weighted by atomic mass is 16.5. The summed E-state index contributed by atoms with van der Waals surface area (Å²) in [6.45, 7) is 0. The van der Waals surface area contributed by atoms with E-state index in [0.717, 1.165) is 5.57 Å². The molecule has 1 aliphatic carbocycles. The standard InChI is InChI=1S/C9H11NO2/c1-12-9(11)8-4-2-7(6-10)3-5-8/h2-4,6,8,10H,5H2,1H3. The Bertz CT molecular complexity index is 253. The van der Waals surface area contributed by atoms with Crippen LogP contribution >= 0.6 is 0 Å². The normalized spacial score (nSPS) is 21.4. The summed E-state index contributed by atoms with van der Waals surface area (Å²) in [5, 5.41) is 6.95. The molecule has 12 heavy (non-hydrogen) atoms. The lowest BCUT2D eigenvalue weighted by atomic mass is 9.97. The van der Waals surface area contributed by atoms with Crippen molar-refractivity contribution in [1.82, 2.24) is 0 Å². The van der Waals surface area contributed by atoms with Crippen LogP contribution in [0.5, 0.6) is 0 Å². The fourth-order valence-corrected chi connectivity index (χ4v) is 1.07. The molecule has 3 heteroatoms. The summed E-state index contributed by atoms with van der Waals surface area (Å²) in [5.41, 5.74) is 0.843. The Morgan fingerprint density at radius 1 is 1.83 bits per heavy atom. The van der Waals surface area contributed by atoms with E-state index in [-0.39, 0.29) is 11.9 Å². The Morgan fingerprint density at radius 3 is 3.00 bits per heavy atom. The number of hydrogen-bond acceptors (Lipinski definition) is 3. The van der Waals surface area contributed by atoms with Crippen molar-refractivity contribution >= 4 is 12.2 Å². The molecule has 0 aromatic heterocycles. The molecule has 0 amide bonds. The maximum atomic E-state index is 11.0. The smallest absolute Gasteiger partial charge is 0.312 e. The Hall–Kier alpha value is -1.38. The molecular weight excluding hydrogens is 154 g/mol. The number of carbonyl (C=O) groups excluding carboxylic acids is 1. The van der Waals surface area contributed by atoms with Gasteiger partial charge in [0.25, 0.3) is 0 Å². The number of esters is 1. The fraction of sp³-hybridized carbons (Fsp3) is 0.333. The van der Waals surface area contributed by atoms with E-state index in [1.54, 1.807) is 12.2 Å². The van der Waals surface area contributed by atoms with Gasteiger partial charge in [-0.3, -0.25) is 4.79 Å². The lowest BCUT2D eigenvalue weighted by Crippen LogP contribution is -2.14. The first kappa shape index (κ1) is 8.71. The highest BCUT2D eigenvalue weighted by Gasteiger charge is 2.16. The van der Waals surface area contributed by atoms with Crippen LogP contribution in [0.25, 0.3) is 0 Å². The van der Waals surface area contributed by atoms with Crippen molar-refractivity contribution in [2.75, 3.05) is 7.11 Å². The van der Waals surface area contributed by atoms with Gasteiger partial charge in [-0.1, -0.05) is 18.2 Å². The number of carbonyl (C=O) groups is 1. The van der Waals surface area contributed by atoms with Crippen LogP contribution in [-0.4, -0.2) is 19.3 Å². The molecule has 1 unspecified atom stereocenters. The summed E-state index contributed by atoms with van der Waals surface area (Å²) in [4.78, 5) is 11.0. The van der Waals surface area contributed by atoms with E-state index in [4.69, 9.17) is 5.41 Å². The Morgan fingerprint density at radius 2 is 2.58 bits per heavy atom. The first-order valence-electron chi connectivity index (χ1n) is 3.74. The fourth-order valence-electron chi connectivity index (χ4n) is 1.07. The number of allylic oxidation sites excluding steroid dienone is 3. The lowest BCUT2D eigenvalue weighted by molar-refractivity contribution is -0.143. The zero-order valence-corrected chi connectivity index (χ0v) is 6.91. The number of methoxy groups -OCH3 is 1. The summed E-state index contributed by atoms with van der Waals surface area (Å²) in [6, 6.07) is 0. The van der Waals surface area contributed by atoms with Crippen LogP contribution in [-0.2, 0) is 9.53 Å². The minimum absolute atomic E-state index is 0.168. The lowest BCUT2D eigenvalue weighted by Gasteiger charge is -2.11. The third-order valence-electron chi connectivity index (χ3n) is 1.80. The maximum absolute atomic E-state index is 11.0. The molecule has 0 saturated carbocycles. The van der Waals surface area contributed by atoms with E-state index in [1.807, 2.05) is 6.08 Å². The Labute approximate surface area is 71.2 Å². The first-order valence-corrected chi connectivity index (χ1v) is 3.74. The number of hydrogen-bond donors (Lipinski definition) is 1. The van der Waals surface area contributed by atoms with E-state index in [1.165, 1.54) is 13.3 Å². The van der Waals surface area contributed by atoms with Crippen molar-refractivity contribution in [2.24, 2.45) is 5.92 Å². The zero-order valence-electron chi connectivity index (χ0n) is 6.91. The molecule has 3 nitrogen and oxygen atoms in total. The highest BCUT2D eigenvalue weighted by Crippen LogP contribution is 2.16. The van der Waals surface area contributed by atoms with Crippen LogP contribution in [0.3, 0.4) is 0 Å². The summed E-state index contributed by atoms with van der Waals surface area (Å²) < 4.78 is 4.58. The molecule has 1 N–H and O–H groups in total. The predicted molar refractivity (Wildman–Crippen MR) is 46.1 cm³/mol. The van der Waals surface area contributed by atoms with Crippen molar-refractivity contribution in [3.63, 3.8) is 0 Å². The summed E-state index contributed by atoms with van der Waals surface area (Å²) >= 11 is 0. The van der Waals surface area contributed by atoms with Crippen molar-refractivity contribution in [3.8, 4) is 0 Å². The van der Waals surface area contributed by atoms with E-state index in [2.05, 4.69) is 4.74 Å². The second kappa shape index (κ2) is 3.85. The van der Waals surface area contributed by atoms with E-state index in [0.29, 0.717) is 6.42 Å². The van der Waals surface area contributed by atoms with Crippen LogP contribution in [0.2, 0.25) is 0 Å². The topological polar surface area (TPSA) is 50.2 Å². The van der Waals surface area contributed by atoms with Gasteiger partial charge in [0, 0.05) is 6.21 Å². The second-order valence-electron chi connectivity index (χ2n) is 2.57. The molecular formula is C9H11NO2. The molecule has 0 fully saturated rings. The molecule has 1 rings (SSSR count). The molecule has 0 saturated heterocycles. The highest BCUT2D eigenvalue weighted by molar-refractivity contribution is 5.82. The van der Waals surface area contributed by atoms with Crippen molar-refractivity contribution < 1.29 is 9.53 Å². The minimum atomic E-state index is -0.216. The third kappa shape index (κ3) is 1.81. The van der Waals surface area contributed by atoms with Gasteiger partial charge in [-0.05, 0) is 12.0 Å². The Balaban J connectivity index is 2.59. The quantitative estimate of drug-likeness (QED) is 0.495. The van der Waals surface area contributed by atoms with Crippen molar-refractivity contribution in [1.29, 1.82) is 5.41 Å². The molecule has 64 valence electrons. The number of ether oxygens (including phenoxy) is 1. The van der Waals surface area contributed by atoms with Crippen molar-refractivity contribution in [2.45, 2.75) is 6.42 Å². The van der Waals surface area contributed by atoms with E-state index < -0.39 is 0 Å². The number of rotatable bonds is 2. The minimum Gasteiger partial charge on any atom is -0.469 e. The molecule has 0 aromatic carbocycles. The van der Waals surface area contributed by atoms with Gasteiger partial charge in [-0.15, -0.1) is 0 Å². The monoisotopic (exact) mass is 165 g/mol. The van der Waals surface area contributed by atoms with Gasteiger partial charge in [0.1, 0.15) is 0 Å². The van der Waals surface area contributed by atoms with Gasteiger partial charge < -0.3 is 10.1 Å². The number of nitrogens with one attached hydrogen (secondary N) is 1. The summed E-state index contributed by atoms with van der Waals surface area (Å²) in [5.74, 6) is -0.384. The molecule has 0 spiro atoms. The van der Waals surface area contributed by atoms with Gasteiger partial charge in [-0.2, -0.15) is 0 Å². The molecule has 0 aliphatic heterocycles. The maximum Gasteiger partial charge on any atom is 0.312 e. The van der Waals surface area contributed by atoms with Crippen molar-refractivity contribution in [3.05, 3.63) is 23.8 Å². The zero-order chi connectivity index (χ0) is 8.97. The van der Waals surface area contributed by atoms with Crippen LogP contribution in [0, 0.1) is 11.3 Å².